The summed E-state index contributed by atoms with van der Waals surface area (Å²) in [4.78, 5) is 0. The van der Waals surface area contributed by atoms with Crippen LogP contribution in [0.15, 0.2) is 48.5 Å². The van der Waals surface area contributed by atoms with Gasteiger partial charge in [-0.15, -0.1) is 0 Å². The Labute approximate surface area is 125 Å². The third-order valence-corrected chi connectivity index (χ3v) is 4.96. The molecular formula is C19H20O2. The zero-order valence-corrected chi connectivity index (χ0v) is 12.3. The molecule has 1 saturated carbocycles. The summed E-state index contributed by atoms with van der Waals surface area (Å²) in [6.07, 6.45) is 3.93. The van der Waals surface area contributed by atoms with E-state index >= 15 is 0 Å². The predicted molar refractivity (Wildman–Crippen MR) is 82.9 cm³/mol. The highest BCUT2D eigenvalue weighted by molar-refractivity contribution is 5.50. The van der Waals surface area contributed by atoms with Crippen LogP contribution in [-0.4, -0.2) is 7.11 Å². The zero-order chi connectivity index (χ0) is 14.2. The van der Waals surface area contributed by atoms with Crippen molar-refractivity contribution in [2.75, 3.05) is 7.11 Å². The topological polar surface area (TPSA) is 18.5 Å². The Morgan fingerprint density at radius 3 is 2.67 bits per heavy atom. The second kappa shape index (κ2) is 5.10. The van der Waals surface area contributed by atoms with Crippen LogP contribution in [0.2, 0.25) is 0 Å². The molecule has 0 aromatic heterocycles. The van der Waals surface area contributed by atoms with Crippen molar-refractivity contribution in [3.63, 3.8) is 0 Å². The van der Waals surface area contributed by atoms with Gasteiger partial charge in [0.1, 0.15) is 17.6 Å². The quantitative estimate of drug-likeness (QED) is 0.793. The average molecular weight is 280 g/mol. The largest absolute Gasteiger partial charge is 0.496 e. The Bertz CT molecular complexity index is 635. The molecule has 108 valence electrons. The number of rotatable bonds is 2. The molecule has 2 aliphatic rings. The molecule has 4 rings (SSSR count). The van der Waals surface area contributed by atoms with E-state index in [1.807, 2.05) is 6.07 Å². The van der Waals surface area contributed by atoms with Crippen molar-refractivity contribution < 1.29 is 9.47 Å². The minimum Gasteiger partial charge on any atom is -0.496 e. The Balaban J connectivity index is 1.81. The highest BCUT2D eigenvalue weighted by Gasteiger charge is 2.43. The van der Waals surface area contributed by atoms with Crippen LogP contribution in [0, 0.1) is 5.92 Å². The molecular weight excluding hydrogens is 260 g/mol. The van der Waals surface area contributed by atoms with E-state index in [1.165, 1.54) is 30.4 Å². The van der Waals surface area contributed by atoms with Crippen LogP contribution in [0.25, 0.3) is 0 Å². The van der Waals surface area contributed by atoms with Crippen LogP contribution in [0.1, 0.15) is 42.4 Å². The fourth-order valence-corrected chi connectivity index (χ4v) is 4.06. The fourth-order valence-electron chi connectivity index (χ4n) is 4.06. The molecule has 1 aliphatic carbocycles. The van der Waals surface area contributed by atoms with E-state index in [-0.39, 0.29) is 6.10 Å². The predicted octanol–water partition coefficient (Wildman–Crippen LogP) is 4.71. The lowest BCUT2D eigenvalue weighted by atomic mass is 9.79. The molecule has 0 saturated heterocycles. The third kappa shape index (κ3) is 2.01. The molecule has 0 amide bonds. The molecule has 0 radical (unpaired) electrons. The van der Waals surface area contributed by atoms with Gasteiger partial charge in [0, 0.05) is 11.5 Å². The standard InChI is InChI=1S/C19H20O2/c1-20-16-11-6-12-17-18(16)14-9-5-10-15(14)19(21-17)13-7-3-2-4-8-13/h2-4,6-8,11-12,14-15,19H,5,9-10H2,1H3/t14-,15+,19-/m1/s1. The molecule has 2 aromatic rings. The smallest absolute Gasteiger partial charge is 0.127 e. The van der Waals surface area contributed by atoms with Crippen LogP contribution in [0.4, 0.5) is 0 Å². The van der Waals surface area contributed by atoms with Crippen LogP contribution in [0.3, 0.4) is 0 Å². The molecule has 1 fully saturated rings. The van der Waals surface area contributed by atoms with Gasteiger partial charge in [0.2, 0.25) is 0 Å². The SMILES string of the molecule is COc1cccc2c1[C@@H]1CCC[C@@H]1[C@@H](c1ccccc1)O2. The number of hydrogen-bond donors (Lipinski definition) is 0. The van der Waals surface area contributed by atoms with E-state index in [0.29, 0.717) is 11.8 Å². The number of hydrogen-bond acceptors (Lipinski definition) is 2. The molecule has 0 bridgehead atoms. The second-order valence-electron chi connectivity index (χ2n) is 6.02. The lowest BCUT2D eigenvalue weighted by molar-refractivity contribution is 0.102. The molecule has 1 heterocycles. The normalized spacial score (nSPS) is 26.6. The Kier molecular flexibility index (Phi) is 3.10. The maximum Gasteiger partial charge on any atom is 0.127 e. The van der Waals surface area contributed by atoms with E-state index in [2.05, 4.69) is 42.5 Å². The van der Waals surface area contributed by atoms with Crippen molar-refractivity contribution in [2.24, 2.45) is 5.92 Å². The fraction of sp³-hybridized carbons (Fsp3) is 0.368. The van der Waals surface area contributed by atoms with Gasteiger partial charge in [0.15, 0.2) is 0 Å². The minimum atomic E-state index is 0.179. The molecule has 1 aliphatic heterocycles. The molecule has 2 heteroatoms. The first-order valence-electron chi connectivity index (χ1n) is 7.77. The van der Waals surface area contributed by atoms with Gasteiger partial charge in [-0.05, 0) is 36.5 Å². The summed E-state index contributed by atoms with van der Waals surface area (Å²) in [5.41, 5.74) is 2.58. The van der Waals surface area contributed by atoms with E-state index in [4.69, 9.17) is 9.47 Å². The summed E-state index contributed by atoms with van der Waals surface area (Å²) in [5.74, 6) is 3.12. The van der Waals surface area contributed by atoms with Crippen LogP contribution in [-0.2, 0) is 0 Å². The second-order valence-corrected chi connectivity index (χ2v) is 6.02. The van der Waals surface area contributed by atoms with E-state index < -0.39 is 0 Å². The summed E-state index contributed by atoms with van der Waals surface area (Å²) >= 11 is 0. The van der Waals surface area contributed by atoms with E-state index in [0.717, 1.165) is 11.5 Å². The summed E-state index contributed by atoms with van der Waals surface area (Å²) < 4.78 is 12.0. The van der Waals surface area contributed by atoms with Gasteiger partial charge in [0.05, 0.1) is 7.11 Å². The van der Waals surface area contributed by atoms with Gasteiger partial charge in [-0.3, -0.25) is 0 Å². The van der Waals surface area contributed by atoms with Gasteiger partial charge in [0.25, 0.3) is 0 Å². The van der Waals surface area contributed by atoms with Crippen molar-refractivity contribution in [1.29, 1.82) is 0 Å². The van der Waals surface area contributed by atoms with Crippen molar-refractivity contribution in [1.82, 2.24) is 0 Å². The highest BCUT2D eigenvalue weighted by atomic mass is 16.5. The van der Waals surface area contributed by atoms with Gasteiger partial charge in [-0.25, -0.2) is 0 Å². The molecule has 0 spiro atoms. The van der Waals surface area contributed by atoms with E-state index in [9.17, 15) is 0 Å². The van der Waals surface area contributed by atoms with Crippen LogP contribution in [0.5, 0.6) is 11.5 Å². The van der Waals surface area contributed by atoms with Gasteiger partial charge < -0.3 is 9.47 Å². The van der Waals surface area contributed by atoms with Crippen molar-refractivity contribution in [3.8, 4) is 11.5 Å². The summed E-state index contributed by atoms with van der Waals surface area (Å²) in [5, 5.41) is 0. The first-order valence-corrected chi connectivity index (χ1v) is 7.77. The molecule has 2 nitrogen and oxygen atoms in total. The number of fused-ring (bicyclic) bond motifs is 3. The molecule has 2 aromatic carbocycles. The highest BCUT2D eigenvalue weighted by Crippen LogP contribution is 2.56. The first-order chi connectivity index (χ1) is 10.4. The average Bonchev–Trinajstić information content (AvgIpc) is 3.03. The summed E-state index contributed by atoms with van der Waals surface area (Å²) in [6.45, 7) is 0. The van der Waals surface area contributed by atoms with E-state index in [1.54, 1.807) is 7.11 Å². The summed E-state index contributed by atoms with van der Waals surface area (Å²) in [7, 11) is 1.75. The Morgan fingerprint density at radius 1 is 1.00 bits per heavy atom. The maximum absolute atomic E-state index is 6.39. The molecule has 21 heavy (non-hydrogen) atoms. The zero-order valence-electron chi connectivity index (χ0n) is 12.3. The Morgan fingerprint density at radius 2 is 1.86 bits per heavy atom. The molecule has 0 unspecified atom stereocenters. The lowest BCUT2D eigenvalue weighted by Crippen LogP contribution is -2.27. The monoisotopic (exact) mass is 280 g/mol. The lowest BCUT2D eigenvalue weighted by Gasteiger charge is -2.37. The third-order valence-electron chi connectivity index (χ3n) is 4.96. The van der Waals surface area contributed by atoms with Gasteiger partial charge in [-0.2, -0.15) is 0 Å². The van der Waals surface area contributed by atoms with Crippen molar-refractivity contribution in [2.45, 2.75) is 31.3 Å². The maximum atomic E-state index is 6.39. The molecule has 3 atom stereocenters. The van der Waals surface area contributed by atoms with Crippen LogP contribution < -0.4 is 9.47 Å². The molecule has 0 N–H and O–H groups in total. The summed E-state index contributed by atoms with van der Waals surface area (Å²) in [6, 6.07) is 16.8. The first kappa shape index (κ1) is 12.8. The number of methoxy groups -OCH3 is 1. The van der Waals surface area contributed by atoms with Crippen molar-refractivity contribution in [3.05, 3.63) is 59.7 Å². The minimum absolute atomic E-state index is 0.179. The van der Waals surface area contributed by atoms with Crippen LogP contribution >= 0.6 is 0 Å². The number of benzene rings is 2. The van der Waals surface area contributed by atoms with Crippen molar-refractivity contribution >= 4 is 0 Å². The number of ether oxygens (including phenoxy) is 2. The van der Waals surface area contributed by atoms with Gasteiger partial charge >= 0.3 is 0 Å². The van der Waals surface area contributed by atoms with Gasteiger partial charge in [-0.1, -0.05) is 42.8 Å². The Hall–Kier alpha value is -1.96.